The molecule has 1 heterocycles. The van der Waals surface area contributed by atoms with Crippen LogP contribution >= 0.6 is 11.3 Å². The molecule has 0 spiro atoms. The zero-order valence-corrected chi connectivity index (χ0v) is 10.0. The first-order valence-electron chi connectivity index (χ1n) is 4.78. The monoisotopic (exact) mass is 256 g/mol. The second kappa shape index (κ2) is 6.64. The van der Waals surface area contributed by atoms with E-state index in [0.717, 1.165) is 0 Å². The predicted octanol–water partition coefficient (Wildman–Crippen LogP) is -0.233. The summed E-state index contributed by atoms with van der Waals surface area (Å²) in [7, 11) is 1.23. The number of esters is 1. The topological polar surface area (TPSA) is 84.5 Å². The Balaban J connectivity index is 2.24. The fourth-order valence-electron chi connectivity index (χ4n) is 0.961. The predicted molar refractivity (Wildman–Crippen MR) is 61.7 cm³/mol. The van der Waals surface area contributed by atoms with E-state index in [0.29, 0.717) is 4.88 Å². The van der Waals surface area contributed by atoms with Gasteiger partial charge in [-0.2, -0.15) is 0 Å². The van der Waals surface area contributed by atoms with E-state index in [1.807, 2.05) is 0 Å². The van der Waals surface area contributed by atoms with Gasteiger partial charge in [0, 0.05) is 0 Å². The van der Waals surface area contributed by atoms with Crippen LogP contribution in [-0.4, -0.2) is 38.0 Å². The summed E-state index contributed by atoms with van der Waals surface area (Å²) in [5, 5.41) is 6.51. The number of methoxy groups -OCH3 is 1. The second-order valence-electron chi connectivity index (χ2n) is 3.01. The molecule has 0 aliphatic heterocycles. The maximum absolute atomic E-state index is 11.4. The van der Waals surface area contributed by atoms with Crippen molar-refractivity contribution >= 4 is 29.1 Å². The molecule has 1 rings (SSSR count). The van der Waals surface area contributed by atoms with Gasteiger partial charge in [-0.1, -0.05) is 6.07 Å². The Hall–Kier alpha value is -1.89. The quantitative estimate of drug-likeness (QED) is 0.712. The van der Waals surface area contributed by atoms with Crippen molar-refractivity contribution in [2.45, 2.75) is 0 Å². The third-order valence-electron chi connectivity index (χ3n) is 1.81. The molecule has 92 valence electrons. The minimum Gasteiger partial charge on any atom is -0.468 e. The van der Waals surface area contributed by atoms with Gasteiger partial charge in [0.1, 0.15) is 6.54 Å². The van der Waals surface area contributed by atoms with Crippen molar-refractivity contribution in [2.24, 2.45) is 0 Å². The van der Waals surface area contributed by atoms with Crippen LogP contribution in [0.5, 0.6) is 0 Å². The van der Waals surface area contributed by atoms with Gasteiger partial charge in [-0.25, -0.2) is 0 Å². The average Bonchev–Trinajstić information content (AvgIpc) is 2.86. The zero-order chi connectivity index (χ0) is 12.7. The molecule has 7 heteroatoms. The van der Waals surface area contributed by atoms with Gasteiger partial charge in [-0.15, -0.1) is 11.3 Å². The summed E-state index contributed by atoms with van der Waals surface area (Å²) in [6.45, 7) is -0.377. The number of nitrogens with one attached hydrogen (secondary N) is 2. The number of hydrogen-bond acceptors (Lipinski definition) is 5. The van der Waals surface area contributed by atoms with Crippen LogP contribution in [0.1, 0.15) is 9.67 Å². The van der Waals surface area contributed by atoms with Gasteiger partial charge in [-0.05, 0) is 11.4 Å². The molecule has 6 nitrogen and oxygen atoms in total. The Labute approximate surface area is 102 Å². The second-order valence-corrected chi connectivity index (χ2v) is 3.96. The molecule has 0 radical (unpaired) electrons. The fraction of sp³-hybridized carbons (Fsp3) is 0.300. The van der Waals surface area contributed by atoms with Gasteiger partial charge in [0.2, 0.25) is 5.91 Å². The van der Waals surface area contributed by atoms with E-state index in [2.05, 4.69) is 15.4 Å². The summed E-state index contributed by atoms with van der Waals surface area (Å²) in [4.78, 5) is 33.9. The molecule has 1 aromatic heterocycles. The van der Waals surface area contributed by atoms with Gasteiger partial charge in [-0.3, -0.25) is 14.4 Å². The molecule has 0 aliphatic rings. The molecule has 17 heavy (non-hydrogen) atoms. The van der Waals surface area contributed by atoms with E-state index in [4.69, 9.17) is 0 Å². The number of rotatable bonds is 5. The molecule has 0 aromatic carbocycles. The minimum atomic E-state index is -0.539. The average molecular weight is 256 g/mol. The van der Waals surface area contributed by atoms with Gasteiger partial charge in [0.05, 0.1) is 18.5 Å². The van der Waals surface area contributed by atoms with Crippen LogP contribution in [0, 0.1) is 0 Å². The van der Waals surface area contributed by atoms with Crippen LogP contribution in [0.15, 0.2) is 17.5 Å². The van der Waals surface area contributed by atoms with Crippen molar-refractivity contribution in [3.05, 3.63) is 22.4 Å². The number of amides is 2. The molecule has 0 unspecified atom stereocenters. The highest BCUT2D eigenvalue weighted by molar-refractivity contribution is 7.12. The van der Waals surface area contributed by atoms with Crippen molar-refractivity contribution in [1.29, 1.82) is 0 Å². The van der Waals surface area contributed by atoms with Crippen molar-refractivity contribution in [3.8, 4) is 0 Å². The first kappa shape index (κ1) is 13.2. The maximum atomic E-state index is 11.4. The highest BCUT2D eigenvalue weighted by Gasteiger charge is 2.09. The standard InChI is InChI=1S/C10H12N2O4S/c1-16-9(14)6-11-8(13)5-12-10(15)7-3-2-4-17-7/h2-4H,5-6H2,1H3,(H,11,13)(H,12,15). The lowest BCUT2D eigenvalue weighted by Gasteiger charge is -2.04. The third-order valence-corrected chi connectivity index (χ3v) is 2.68. The molecule has 2 N–H and O–H groups in total. The van der Waals surface area contributed by atoms with Gasteiger partial charge in [0.15, 0.2) is 0 Å². The SMILES string of the molecule is COC(=O)CNC(=O)CNC(=O)c1cccs1. The normalized spacial score (nSPS) is 9.47. The zero-order valence-electron chi connectivity index (χ0n) is 9.19. The van der Waals surface area contributed by atoms with Crippen LogP contribution in [0.4, 0.5) is 0 Å². The van der Waals surface area contributed by atoms with Crippen LogP contribution in [0.3, 0.4) is 0 Å². The summed E-state index contributed by atoms with van der Waals surface area (Å²) < 4.78 is 4.35. The lowest BCUT2D eigenvalue weighted by molar-refractivity contribution is -0.141. The van der Waals surface area contributed by atoms with Crippen LogP contribution in [0.25, 0.3) is 0 Å². The highest BCUT2D eigenvalue weighted by Crippen LogP contribution is 2.07. The third kappa shape index (κ3) is 4.64. The molecule has 2 amide bonds. The summed E-state index contributed by atoms with van der Waals surface area (Å²) in [5.41, 5.74) is 0. The van der Waals surface area contributed by atoms with E-state index in [9.17, 15) is 14.4 Å². The largest absolute Gasteiger partial charge is 0.468 e. The highest BCUT2D eigenvalue weighted by atomic mass is 32.1. The Kier molecular flexibility index (Phi) is 5.15. The first-order chi connectivity index (χ1) is 8.13. The molecule has 0 saturated carbocycles. The van der Waals surface area contributed by atoms with E-state index >= 15 is 0 Å². The van der Waals surface area contributed by atoms with Crippen LogP contribution in [-0.2, 0) is 14.3 Å². The van der Waals surface area contributed by atoms with Crippen molar-refractivity contribution < 1.29 is 19.1 Å². The number of hydrogen-bond donors (Lipinski definition) is 2. The van der Waals surface area contributed by atoms with Crippen molar-refractivity contribution in [2.75, 3.05) is 20.2 Å². The van der Waals surface area contributed by atoms with E-state index in [1.54, 1.807) is 17.5 Å². The van der Waals surface area contributed by atoms with E-state index in [1.165, 1.54) is 18.4 Å². The molecule has 0 aliphatic carbocycles. The summed E-state index contributed by atoms with van der Waals surface area (Å²) in [6, 6.07) is 3.41. The summed E-state index contributed by atoms with van der Waals surface area (Å²) in [6.07, 6.45) is 0. The molecule has 0 atom stereocenters. The minimum absolute atomic E-state index is 0.173. The summed E-state index contributed by atoms with van der Waals surface area (Å²) >= 11 is 1.29. The number of carbonyl (C=O) groups excluding carboxylic acids is 3. The smallest absolute Gasteiger partial charge is 0.325 e. The first-order valence-corrected chi connectivity index (χ1v) is 5.66. The number of carbonyl (C=O) groups is 3. The molecular formula is C10H12N2O4S. The Bertz CT molecular complexity index is 402. The number of ether oxygens (including phenoxy) is 1. The maximum Gasteiger partial charge on any atom is 0.325 e. The van der Waals surface area contributed by atoms with E-state index in [-0.39, 0.29) is 19.0 Å². The van der Waals surface area contributed by atoms with Gasteiger partial charge >= 0.3 is 5.97 Å². The molecule has 0 bridgehead atoms. The Morgan fingerprint density at radius 1 is 1.29 bits per heavy atom. The fourth-order valence-corrected chi connectivity index (χ4v) is 1.60. The van der Waals surface area contributed by atoms with Gasteiger partial charge in [0.25, 0.3) is 5.91 Å². The van der Waals surface area contributed by atoms with Gasteiger partial charge < -0.3 is 15.4 Å². The molecule has 1 aromatic rings. The number of thiophene rings is 1. The van der Waals surface area contributed by atoms with Crippen LogP contribution in [0.2, 0.25) is 0 Å². The lowest BCUT2D eigenvalue weighted by atomic mass is 10.4. The molecular weight excluding hydrogens is 244 g/mol. The summed E-state index contributed by atoms with van der Waals surface area (Å²) in [5.74, 6) is -1.29. The van der Waals surface area contributed by atoms with Crippen molar-refractivity contribution in [3.63, 3.8) is 0 Å². The molecule has 0 saturated heterocycles. The Morgan fingerprint density at radius 3 is 2.65 bits per heavy atom. The lowest BCUT2D eigenvalue weighted by Crippen LogP contribution is -2.39. The molecule has 0 fully saturated rings. The Morgan fingerprint density at radius 2 is 2.06 bits per heavy atom. The van der Waals surface area contributed by atoms with E-state index < -0.39 is 11.9 Å². The van der Waals surface area contributed by atoms with Crippen molar-refractivity contribution in [1.82, 2.24) is 10.6 Å². The van der Waals surface area contributed by atoms with Crippen LogP contribution < -0.4 is 10.6 Å².